The molecule has 1 aliphatic heterocycles. The Hall–Kier alpha value is -2.69. The van der Waals surface area contributed by atoms with Gasteiger partial charge in [-0.2, -0.15) is 0 Å². The average molecular weight is 379 g/mol. The van der Waals surface area contributed by atoms with Crippen LogP contribution in [0, 0.1) is 0 Å². The lowest BCUT2D eigenvalue weighted by Crippen LogP contribution is -3.11. The van der Waals surface area contributed by atoms with E-state index in [1.165, 1.54) is 4.90 Å². The van der Waals surface area contributed by atoms with Crippen molar-refractivity contribution in [2.45, 2.75) is 13.5 Å². The van der Waals surface area contributed by atoms with Gasteiger partial charge in [0.15, 0.2) is 0 Å². The standard InChI is InChI=1S/C22H19ClN2O2/c1-2-25-12-15(11-14-7-9-16(23)10-8-14)21-18(13-25)20(22(26)27)17-5-3-4-6-19(17)24-21/h3-11H,2,12-13H2,1H3,(H,26,27)/b15-11+. The first-order valence-electron chi connectivity index (χ1n) is 9.00. The van der Waals surface area contributed by atoms with Crippen molar-refractivity contribution in [3.05, 3.63) is 75.9 Å². The molecule has 1 atom stereocenters. The number of rotatable bonds is 3. The third-order valence-corrected chi connectivity index (χ3v) is 5.33. The molecule has 5 heteroatoms. The van der Waals surface area contributed by atoms with Crippen molar-refractivity contribution in [3.8, 4) is 0 Å². The molecule has 0 saturated carbocycles. The maximum absolute atomic E-state index is 12.0. The molecule has 0 radical (unpaired) electrons. The zero-order valence-corrected chi connectivity index (χ0v) is 15.7. The monoisotopic (exact) mass is 378 g/mol. The molecule has 0 bridgehead atoms. The third-order valence-electron chi connectivity index (χ3n) is 5.08. The summed E-state index contributed by atoms with van der Waals surface area (Å²) >= 11 is 5.99. The molecule has 27 heavy (non-hydrogen) atoms. The van der Waals surface area contributed by atoms with Crippen molar-refractivity contribution in [2.75, 3.05) is 13.1 Å². The number of hydrogen-bond donors (Lipinski definition) is 1. The molecular weight excluding hydrogens is 360 g/mol. The molecule has 4 nitrogen and oxygen atoms in total. The summed E-state index contributed by atoms with van der Waals surface area (Å²) in [5, 5.41) is 13.3. The minimum Gasteiger partial charge on any atom is -0.545 e. The van der Waals surface area contributed by atoms with Gasteiger partial charge in [-0.25, -0.2) is 4.98 Å². The van der Waals surface area contributed by atoms with E-state index in [0.29, 0.717) is 22.5 Å². The Morgan fingerprint density at radius 1 is 1.19 bits per heavy atom. The Morgan fingerprint density at radius 3 is 2.63 bits per heavy atom. The lowest BCUT2D eigenvalue weighted by Gasteiger charge is -2.29. The fraction of sp³-hybridized carbons (Fsp3) is 0.182. The first-order chi connectivity index (χ1) is 13.1. The maximum atomic E-state index is 12.0. The van der Waals surface area contributed by atoms with Crippen LogP contribution in [-0.2, 0) is 6.54 Å². The molecule has 2 aromatic carbocycles. The number of fused-ring (bicyclic) bond motifs is 2. The van der Waals surface area contributed by atoms with Crippen LogP contribution in [0.15, 0.2) is 48.5 Å². The smallest absolute Gasteiger partial charge is 0.106 e. The molecule has 0 spiro atoms. The summed E-state index contributed by atoms with van der Waals surface area (Å²) in [7, 11) is 0. The van der Waals surface area contributed by atoms with Gasteiger partial charge < -0.3 is 14.8 Å². The normalized spacial score (nSPS) is 17.9. The van der Waals surface area contributed by atoms with E-state index >= 15 is 0 Å². The number of hydrogen-bond acceptors (Lipinski definition) is 3. The van der Waals surface area contributed by atoms with Gasteiger partial charge in [0.05, 0.1) is 23.7 Å². The van der Waals surface area contributed by atoms with Gasteiger partial charge in [0.1, 0.15) is 13.1 Å². The van der Waals surface area contributed by atoms with Crippen molar-refractivity contribution < 1.29 is 14.8 Å². The van der Waals surface area contributed by atoms with Crippen LogP contribution >= 0.6 is 11.6 Å². The highest BCUT2D eigenvalue weighted by Crippen LogP contribution is 2.29. The molecule has 4 rings (SSSR count). The summed E-state index contributed by atoms with van der Waals surface area (Å²) in [6, 6.07) is 15.0. The number of para-hydroxylation sites is 1. The van der Waals surface area contributed by atoms with E-state index in [1.807, 2.05) is 42.5 Å². The molecule has 1 unspecified atom stereocenters. The highest BCUT2D eigenvalue weighted by atomic mass is 35.5. The Morgan fingerprint density at radius 2 is 1.93 bits per heavy atom. The second kappa shape index (κ2) is 7.14. The topological polar surface area (TPSA) is 57.5 Å². The number of aromatic nitrogens is 1. The quantitative estimate of drug-likeness (QED) is 0.760. The molecule has 136 valence electrons. The van der Waals surface area contributed by atoms with Crippen LogP contribution in [0.1, 0.15) is 34.1 Å². The molecular formula is C22H19ClN2O2. The van der Waals surface area contributed by atoms with Crippen LogP contribution in [-0.4, -0.2) is 24.0 Å². The van der Waals surface area contributed by atoms with Crippen molar-refractivity contribution in [2.24, 2.45) is 0 Å². The fourth-order valence-corrected chi connectivity index (χ4v) is 3.84. The largest absolute Gasteiger partial charge is 0.545 e. The summed E-state index contributed by atoms with van der Waals surface area (Å²) < 4.78 is 0. The number of benzene rings is 2. The minimum absolute atomic E-state index is 0.267. The number of carbonyl (C=O) groups is 1. The minimum atomic E-state index is -1.15. The van der Waals surface area contributed by atoms with E-state index in [4.69, 9.17) is 16.6 Å². The Kier molecular flexibility index (Phi) is 4.68. The number of carboxylic acids is 1. The molecule has 3 aromatic rings. The highest BCUT2D eigenvalue weighted by molar-refractivity contribution is 6.30. The summed E-state index contributed by atoms with van der Waals surface area (Å²) in [6.45, 7) is 4.43. The predicted molar refractivity (Wildman–Crippen MR) is 105 cm³/mol. The van der Waals surface area contributed by atoms with Gasteiger partial charge in [-0.15, -0.1) is 0 Å². The Balaban J connectivity index is 1.97. The SMILES string of the molecule is CC[NH+]1C/C(=C\c2ccc(Cl)cc2)c2nc3ccccc3c(C(=O)[O-])c2C1. The third kappa shape index (κ3) is 3.34. The Labute approximate surface area is 162 Å². The van der Waals surface area contributed by atoms with Crippen molar-refractivity contribution in [1.82, 2.24) is 4.98 Å². The van der Waals surface area contributed by atoms with E-state index in [2.05, 4.69) is 13.0 Å². The molecule has 1 aliphatic rings. The molecule has 2 heterocycles. The number of nitrogens with one attached hydrogen (secondary N) is 1. The van der Waals surface area contributed by atoms with Gasteiger partial charge in [0, 0.05) is 27.1 Å². The summed E-state index contributed by atoms with van der Waals surface area (Å²) in [6.07, 6.45) is 2.07. The van der Waals surface area contributed by atoms with E-state index < -0.39 is 5.97 Å². The molecule has 0 fully saturated rings. The number of pyridine rings is 1. The lowest BCUT2D eigenvalue weighted by molar-refractivity contribution is -0.905. The number of carboxylic acid groups (broad SMARTS) is 1. The Bertz CT molecular complexity index is 1060. The van der Waals surface area contributed by atoms with E-state index in [9.17, 15) is 9.90 Å². The lowest BCUT2D eigenvalue weighted by atomic mass is 9.92. The number of aromatic carboxylic acids is 1. The van der Waals surface area contributed by atoms with Gasteiger partial charge in [-0.3, -0.25) is 0 Å². The van der Waals surface area contributed by atoms with Gasteiger partial charge >= 0.3 is 0 Å². The first-order valence-corrected chi connectivity index (χ1v) is 9.37. The maximum Gasteiger partial charge on any atom is 0.106 e. The van der Waals surface area contributed by atoms with Crippen LogP contribution < -0.4 is 10.0 Å². The zero-order valence-electron chi connectivity index (χ0n) is 15.0. The average Bonchev–Trinajstić information content (AvgIpc) is 2.67. The highest BCUT2D eigenvalue weighted by Gasteiger charge is 2.28. The zero-order chi connectivity index (χ0) is 19.0. The number of quaternary nitrogens is 1. The predicted octanol–water partition coefficient (Wildman–Crippen LogP) is 2.21. The molecule has 1 N–H and O–H groups in total. The number of carbonyl (C=O) groups excluding carboxylic acids is 1. The summed E-state index contributed by atoms with van der Waals surface area (Å²) in [5.41, 5.74) is 4.52. The van der Waals surface area contributed by atoms with Crippen LogP contribution in [0.25, 0.3) is 22.6 Å². The van der Waals surface area contributed by atoms with Gasteiger partial charge in [-0.1, -0.05) is 41.9 Å². The molecule has 1 aromatic heterocycles. The van der Waals surface area contributed by atoms with Crippen LogP contribution in [0.4, 0.5) is 0 Å². The number of likely N-dealkylation sites (N-methyl/N-ethyl adjacent to an activating group) is 1. The fourth-order valence-electron chi connectivity index (χ4n) is 3.72. The van der Waals surface area contributed by atoms with E-state index in [-0.39, 0.29) is 5.56 Å². The first kappa shape index (κ1) is 17.7. The molecule has 0 saturated heterocycles. The second-order valence-electron chi connectivity index (χ2n) is 6.80. The molecule has 0 aliphatic carbocycles. The second-order valence-corrected chi connectivity index (χ2v) is 7.23. The van der Waals surface area contributed by atoms with Crippen LogP contribution in [0.5, 0.6) is 0 Å². The van der Waals surface area contributed by atoms with E-state index in [0.717, 1.165) is 35.5 Å². The van der Waals surface area contributed by atoms with Crippen molar-refractivity contribution in [3.63, 3.8) is 0 Å². The van der Waals surface area contributed by atoms with Gasteiger partial charge in [0.2, 0.25) is 0 Å². The summed E-state index contributed by atoms with van der Waals surface area (Å²) in [4.78, 5) is 18.1. The van der Waals surface area contributed by atoms with Crippen molar-refractivity contribution >= 4 is 40.1 Å². The molecule has 0 amide bonds. The van der Waals surface area contributed by atoms with Gasteiger partial charge in [-0.05, 0) is 36.8 Å². The van der Waals surface area contributed by atoms with Crippen molar-refractivity contribution in [1.29, 1.82) is 0 Å². The van der Waals surface area contributed by atoms with E-state index in [1.54, 1.807) is 6.07 Å². The van der Waals surface area contributed by atoms with Crippen LogP contribution in [0.2, 0.25) is 5.02 Å². The number of nitrogens with zero attached hydrogens (tertiary/aromatic N) is 1. The van der Waals surface area contributed by atoms with Crippen LogP contribution in [0.3, 0.4) is 0 Å². The van der Waals surface area contributed by atoms with Gasteiger partial charge in [0.25, 0.3) is 0 Å². The number of halogens is 1. The summed E-state index contributed by atoms with van der Waals surface area (Å²) in [5.74, 6) is -1.15.